The van der Waals surface area contributed by atoms with E-state index in [0.717, 1.165) is 37.0 Å². The first-order valence-electron chi connectivity index (χ1n) is 8.26. The topological polar surface area (TPSA) is 56.1 Å². The number of hydrogen-bond donors (Lipinski definition) is 0. The number of tetrazole rings is 1. The maximum Gasteiger partial charge on any atom is 0.167 e. The zero-order chi connectivity index (χ0) is 16.2. The van der Waals surface area contributed by atoms with Crippen LogP contribution in [0.5, 0.6) is 5.75 Å². The summed E-state index contributed by atoms with van der Waals surface area (Å²) in [6.45, 7) is 4.40. The molecule has 6 heteroatoms. The van der Waals surface area contributed by atoms with Crippen molar-refractivity contribution in [2.45, 2.75) is 32.2 Å². The number of methoxy groups -OCH3 is 1. The summed E-state index contributed by atoms with van der Waals surface area (Å²) in [6, 6.07) is 8.73. The van der Waals surface area contributed by atoms with Gasteiger partial charge in [0, 0.05) is 7.05 Å². The molecule has 0 bridgehead atoms. The van der Waals surface area contributed by atoms with Crippen LogP contribution in [0.4, 0.5) is 0 Å². The SMILES string of the molecule is COc1ccc(CC2CCN([C@@H](C)c3nnnn3C)CC2)cc1. The van der Waals surface area contributed by atoms with Gasteiger partial charge in [0.2, 0.25) is 0 Å². The molecule has 124 valence electrons. The van der Waals surface area contributed by atoms with Gasteiger partial charge in [-0.25, -0.2) is 4.68 Å². The molecular formula is C17H25N5O. The minimum atomic E-state index is 0.275. The Labute approximate surface area is 137 Å². The number of aryl methyl sites for hydroxylation is 1. The minimum Gasteiger partial charge on any atom is -0.497 e. The third-order valence-electron chi connectivity index (χ3n) is 4.91. The second-order valence-electron chi connectivity index (χ2n) is 6.37. The molecule has 0 N–H and O–H groups in total. The predicted octanol–water partition coefficient (Wildman–Crippen LogP) is 2.23. The van der Waals surface area contributed by atoms with Gasteiger partial charge < -0.3 is 4.74 Å². The van der Waals surface area contributed by atoms with Gasteiger partial charge in [-0.3, -0.25) is 4.90 Å². The van der Waals surface area contributed by atoms with Gasteiger partial charge in [0.05, 0.1) is 13.2 Å². The molecule has 1 aromatic carbocycles. The monoisotopic (exact) mass is 315 g/mol. The zero-order valence-electron chi connectivity index (χ0n) is 14.1. The lowest BCUT2D eigenvalue weighted by atomic mass is 9.89. The fourth-order valence-electron chi connectivity index (χ4n) is 3.39. The van der Waals surface area contributed by atoms with Crippen molar-refractivity contribution < 1.29 is 4.74 Å². The number of likely N-dealkylation sites (tertiary alicyclic amines) is 1. The summed E-state index contributed by atoms with van der Waals surface area (Å²) in [7, 11) is 3.61. The Morgan fingerprint density at radius 2 is 1.91 bits per heavy atom. The fraction of sp³-hybridized carbons (Fsp3) is 0.588. The fourth-order valence-corrected chi connectivity index (χ4v) is 3.39. The molecule has 1 aromatic heterocycles. The van der Waals surface area contributed by atoms with Gasteiger partial charge in [-0.1, -0.05) is 12.1 Å². The second-order valence-corrected chi connectivity index (χ2v) is 6.37. The molecule has 1 aliphatic rings. The number of aromatic nitrogens is 4. The Hall–Kier alpha value is -1.95. The highest BCUT2D eigenvalue weighted by Crippen LogP contribution is 2.27. The maximum atomic E-state index is 5.22. The average molecular weight is 315 g/mol. The van der Waals surface area contributed by atoms with Gasteiger partial charge in [-0.15, -0.1) is 5.10 Å². The lowest BCUT2D eigenvalue weighted by molar-refractivity contribution is 0.134. The first kappa shape index (κ1) is 15.9. The average Bonchev–Trinajstić information content (AvgIpc) is 3.02. The Morgan fingerprint density at radius 1 is 1.22 bits per heavy atom. The van der Waals surface area contributed by atoms with E-state index in [9.17, 15) is 0 Å². The van der Waals surface area contributed by atoms with E-state index >= 15 is 0 Å². The molecule has 23 heavy (non-hydrogen) atoms. The molecule has 0 radical (unpaired) electrons. The van der Waals surface area contributed by atoms with E-state index in [1.165, 1.54) is 18.4 Å². The van der Waals surface area contributed by atoms with Crippen LogP contribution >= 0.6 is 0 Å². The normalized spacial score (nSPS) is 18.0. The molecule has 0 aliphatic carbocycles. The second kappa shape index (κ2) is 7.08. The maximum absolute atomic E-state index is 5.22. The van der Waals surface area contributed by atoms with E-state index < -0.39 is 0 Å². The molecule has 1 atom stereocenters. The number of rotatable bonds is 5. The highest BCUT2D eigenvalue weighted by atomic mass is 16.5. The van der Waals surface area contributed by atoms with Gasteiger partial charge in [-0.05, 0) is 73.3 Å². The van der Waals surface area contributed by atoms with Crippen LogP contribution in [0.1, 0.15) is 37.2 Å². The number of piperidine rings is 1. The molecule has 1 saturated heterocycles. The number of nitrogens with zero attached hydrogens (tertiary/aromatic N) is 5. The third-order valence-corrected chi connectivity index (χ3v) is 4.91. The molecule has 6 nitrogen and oxygen atoms in total. The van der Waals surface area contributed by atoms with E-state index in [0.29, 0.717) is 0 Å². The van der Waals surface area contributed by atoms with Crippen LogP contribution in [0.3, 0.4) is 0 Å². The van der Waals surface area contributed by atoms with E-state index in [4.69, 9.17) is 4.74 Å². The number of ether oxygens (including phenoxy) is 1. The van der Waals surface area contributed by atoms with E-state index in [2.05, 4.69) is 39.5 Å². The molecule has 3 rings (SSSR count). The lowest BCUT2D eigenvalue weighted by Crippen LogP contribution is -2.37. The summed E-state index contributed by atoms with van der Waals surface area (Å²) in [5.41, 5.74) is 1.40. The van der Waals surface area contributed by atoms with Crippen molar-refractivity contribution >= 4 is 0 Å². The number of hydrogen-bond acceptors (Lipinski definition) is 5. The van der Waals surface area contributed by atoms with Gasteiger partial charge >= 0.3 is 0 Å². The van der Waals surface area contributed by atoms with Gasteiger partial charge in [0.15, 0.2) is 5.82 Å². The molecule has 0 spiro atoms. The highest BCUT2D eigenvalue weighted by molar-refractivity contribution is 5.27. The van der Waals surface area contributed by atoms with Crippen LogP contribution in [0.25, 0.3) is 0 Å². The van der Waals surface area contributed by atoms with Crippen LogP contribution in [-0.2, 0) is 13.5 Å². The lowest BCUT2D eigenvalue weighted by Gasteiger charge is -2.35. The summed E-state index contributed by atoms with van der Waals surface area (Å²) in [6.07, 6.45) is 3.60. The van der Waals surface area contributed by atoms with Gasteiger partial charge in [0.25, 0.3) is 0 Å². The van der Waals surface area contributed by atoms with Crippen molar-refractivity contribution in [3.05, 3.63) is 35.7 Å². The van der Waals surface area contributed by atoms with Crippen LogP contribution in [0.15, 0.2) is 24.3 Å². The summed E-state index contributed by atoms with van der Waals surface area (Å²) in [5, 5.41) is 11.8. The Bertz CT molecular complexity index is 616. The Kier molecular flexibility index (Phi) is 4.91. The minimum absolute atomic E-state index is 0.275. The third kappa shape index (κ3) is 3.69. The summed E-state index contributed by atoms with van der Waals surface area (Å²) < 4.78 is 6.99. The first-order valence-corrected chi connectivity index (χ1v) is 8.26. The van der Waals surface area contributed by atoms with Crippen molar-refractivity contribution in [2.24, 2.45) is 13.0 Å². The van der Waals surface area contributed by atoms with Crippen molar-refractivity contribution in [2.75, 3.05) is 20.2 Å². The molecule has 2 aromatic rings. The molecule has 1 aliphatic heterocycles. The van der Waals surface area contributed by atoms with Crippen molar-refractivity contribution in [1.29, 1.82) is 0 Å². The summed E-state index contributed by atoms with van der Waals surface area (Å²) >= 11 is 0. The Morgan fingerprint density at radius 3 is 2.48 bits per heavy atom. The predicted molar refractivity (Wildman–Crippen MR) is 88.2 cm³/mol. The molecule has 0 amide bonds. The van der Waals surface area contributed by atoms with Crippen molar-refractivity contribution in [1.82, 2.24) is 25.1 Å². The molecule has 2 heterocycles. The largest absolute Gasteiger partial charge is 0.497 e. The van der Waals surface area contributed by atoms with Crippen LogP contribution < -0.4 is 4.74 Å². The molecule has 0 saturated carbocycles. The molecule has 1 fully saturated rings. The van der Waals surface area contributed by atoms with Crippen LogP contribution in [0.2, 0.25) is 0 Å². The van der Waals surface area contributed by atoms with Crippen molar-refractivity contribution in [3.8, 4) is 5.75 Å². The number of benzene rings is 1. The standard InChI is InChI=1S/C17H25N5O/c1-13(17-18-19-20-21(17)2)22-10-8-15(9-11-22)12-14-4-6-16(23-3)7-5-14/h4-7,13,15H,8-12H2,1-3H3/t13-/m0/s1. The molecular weight excluding hydrogens is 290 g/mol. The summed E-state index contributed by atoms with van der Waals surface area (Å²) in [4.78, 5) is 2.48. The van der Waals surface area contributed by atoms with E-state index in [1.54, 1.807) is 11.8 Å². The highest BCUT2D eigenvalue weighted by Gasteiger charge is 2.26. The van der Waals surface area contributed by atoms with E-state index in [1.807, 2.05) is 19.2 Å². The molecule has 0 unspecified atom stereocenters. The van der Waals surface area contributed by atoms with E-state index in [-0.39, 0.29) is 6.04 Å². The van der Waals surface area contributed by atoms with Crippen LogP contribution in [-0.4, -0.2) is 45.3 Å². The summed E-state index contributed by atoms with van der Waals surface area (Å²) in [5.74, 6) is 2.62. The van der Waals surface area contributed by atoms with Gasteiger partial charge in [0.1, 0.15) is 5.75 Å². The van der Waals surface area contributed by atoms with Crippen LogP contribution in [0, 0.1) is 5.92 Å². The quantitative estimate of drug-likeness (QED) is 0.847. The van der Waals surface area contributed by atoms with Gasteiger partial charge in [-0.2, -0.15) is 0 Å². The first-order chi connectivity index (χ1) is 11.2. The Balaban J connectivity index is 1.52. The zero-order valence-corrected chi connectivity index (χ0v) is 14.1. The van der Waals surface area contributed by atoms with Crippen molar-refractivity contribution in [3.63, 3.8) is 0 Å². The smallest absolute Gasteiger partial charge is 0.167 e.